The quantitative estimate of drug-likeness (QED) is 0.788. The zero-order valence-electron chi connectivity index (χ0n) is 9.68. The van der Waals surface area contributed by atoms with Crippen molar-refractivity contribution in [2.24, 2.45) is 0 Å². The summed E-state index contributed by atoms with van der Waals surface area (Å²) in [6, 6.07) is 3.36. The van der Waals surface area contributed by atoms with Crippen LogP contribution < -0.4 is 4.31 Å². The molecule has 100 valence electrons. The molecule has 0 saturated heterocycles. The topological polar surface area (TPSA) is 63.7 Å². The predicted octanol–water partition coefficient (Wildman–Crippen LogP) is 1.42. The first kappa shape index (κ1) is 14.7. The molecule has 0 aliphatic heterocycles. The van der Waals surface area contributed by atoms with Gasteiger partial charge in [0.05, 0.1) is 24.1 Å². The van der Waals surface area contributed by atoms with Gasteiger partial charge in [0.25, 0.3) is 0 Å². The molecule has 0 fully saturated rings. The maximum absolute atomic E-state index is 13.0. The third kappa shape index (κ3) is 3.58. The van der Waals surface area contributed by atoms with Crippen LogP contribution in [-0.2, 0) is 19.6 Å². The molecule has 0 aliphatic rings. The van der Waals surface area contributed by atoms with E-state index in [1.54, 1.807) is 0 Å². The zero-order chi connectivity index (χ0) is 13.9. The highest BCUT2D eigenvalue weighted by molar-refractivity contribution is 7.92. The van der Waals surface area contributed by atoms with Crippen molar-refractivity contribution in [1.29, 1.82) is 0 Å². The van der Waals surface area contributed by atoms with Gasteiger partial charge in [0.1, 0.15) is 12.4 Å². The highest BCUT2D eigenvalue weighted by Gasteiger charge is 2.21. The predicted molar refractivity (Wildman–Crippen MR) is 65.6 cm³/mol. The number of anilines is 1. The van der Waals surface area contributed by atoms with Gasteiger partial charge in [-0.3, -0.25) is 9.10 Å². The van der Waals surface area contributed by atoms with Gasteiger partial charge >= 0.3 is 5.97 Å². The van der Waals surface area contributed by atoms with Gasteiger partial charge in [-0.1, -0.05) is 11.6 Å². The molecule has 0 atom stereocenters. The summed E-state index contributed by atoms with van der Waals surface area (Å²) >= 11 is 5.57. The summed E-state index contributed by atoms with van der Waals surface area (Å²) in [5.74, 6) is -1.41. The standard InChI is InChI=1S/C10H11ClFNO4S/c1-17-10(14)6-13(18(2,15)16)7-3-4-9(12)8(11)5-7/h3-5H,6H2,1-2H3. The summed E-state index contributed by atoms with van der Waals surface area (Å²) < 4.78 is 41.3. The van der Waals surface area contributed by atoms with E-state index in [1.165, 1.54) is 6.07 Å². The molecule has 18 heavy (non-hydrogen) atoms. The Kier molecular flexibility index (Phi) is 4.53. The van der Waals surface area contributed by atoms with E-state index in [0.717, 1.165) is 29.8 Å². The number of carbonyl (C=O) groups excluding carboxylic acids is 1. The molecular formula is C10H11ClFNO4S. The molecule has 1 aromatic rings. The average Bonchev–Trinajstić information content (AvgIpc) is 2.28. The minimum absolute atomic E-state index is 0.0919. The minimum Gasteiger partial charge on any atom is -0.468 e. The van der Waals surface area contributed by atoms with E-state index in [-0.39, 0.29) is 10.7 Å². The second-order valence-corrected chi connectivity index (χ2v) is 5.76. The Bertz CT molecular complexity index is 561. The van der Waals surface area contributed by atoms with Gasteiger partial charge in [0.15, 0.2) is 0 Å². The lowest BCUT2D eigenvalue weighted by molar-refractivity contribution is -0.138. The lowest BCUT2D eigenvalue weighted by atomic mass is 10.3. The van der Waals surface area contributed by atoms with E-state index >= 15 is 0 Å². The Balaban J connectivity index is 3.18. The van der Waals surface area contributed by atoms with Crippen molar-refractivity contribution >= 4 is 33.3 Å². The molecule has 0 heterocycles. The van der Waals surface area contributed by atoms with Crippen molar-refractivity contribution in [2.75, 3.05) is 24.2 Å². The van der Waals surface area contributed by atoms with Crippen LogP contribution in [0.5, 0.6) is 0 Å². The number of halogens is 2. The summed E-state index contributed by atoms with van der Waals surface area (Å²) in [6.07, 6.45) is 0.924. The Labute approximate surface area is 109 Å². The average molecular weight is 296 g/mol. The molecule has 5 nitrogen and oxygen atoms in total. The van der Waals surface area contributed by atoms with Gasteiger partial charge in [-0.05, 0) is 18.2 Å². The van der Waals surface area contributed by atoms with Gasteiger partial charge in [0.2, 0.25) is 10.0 Å². The van der Waals surface area contributed by atoms with Crippen LogP contribution in [0, 0.1) is 5.82 Å². The fourth-order valence-corrected chi connectivity index (χ4v) is 2.23. The summed E-state index contributed by atoms with van der Waals surface area (Å²) in [6.45, 7) is -0.503. The van der Waals surface area contributed by atoms with Crippen LogP contribution in [0.25, 0.3) is 0 Å². The lowest BCUT2D eigenvalue weighted by Gasteiger charge is -2.21. The third-order valence-corrected chi connectivity index (χ3v) is 3.52. The Morgan fingerprint density at radius 1 is 1.50 bits per heavy atom. The fraction of sp³-hybridized carbons (Fsp3) is 0.300. The summed E-state index contributed by atoms with van der Waals surface area (Å²) in [5, 5.41) is -0.231. The van der Waals surface area contributed by atoms with Crippen LogP contribution in [0.1, 0.15) is 0 Å². The summed E-state index contributed by atoms with van der Waals surface area (Å²) in [4.78, 5) is 11.2. The van der Waals surface area contributed by atoms with Crippen LogP contribution in [0.2, 0.25) is 5.02 Å². The maximum Gasteiger partial charge on any atom is 0.326 e. The number of nitrogens with zero attached hydrogens (tertiary/aromatic N) is 1. The monoisotopic (exact) mass is 295 g/mol. The van der Waals surface area contributed by atoms with Crippen LogP contribution >= 0.6 is 11.6 Å². The fourth-order valence-electron chi connectivity index (χ4n) is 1.22. The second-order valence-electron chi connectivity index (χ2n) is 3.44. The van der Waals surface area contributed by atoms with Crippen LogP contribution in [0.15, 0.2) is 18.2 Å². The van der Waals surface area contributed by atoms with Crippen molar-refractivity contribution in [1.82, 2.24) is 0 Å². The number of benzene rings is 1. The van der Waals surface area contributed by atoms with Crippen LogP contribution in [0.4, 0.5) is 10.1 Å². The van der Waals surface area contributed by atoms with Crippen molar-refractivity contribution in [2.45, 2.75) is 0 Å². The van der Waals surface area contributed by atoms with Crippen molar-refractivity contribution in [3.63, 3.8) is 0 Å². The number of esters is 1. The smallest absolute Gasteiger partial charge is 0.326 e. The molecule has 0 radical (unpaired) electrons. The Hall–Kier alpha value is -1.34. The molecule has 0 aliphatic carbocycles. The van der Waals surface area contributed by atoms with Crippen LogP contribution in [0.3, 0.4) is 0 Å². The Morgan fingerprint density at radius 3 is 2.56 bits per heavy atom. The van der Waals surface area contributed by atoms with E-state index < -0.39 is 28.4 Å². The van der Waals surface area contributed by atoms with Crippen molar-refractivity contribution in [3.8, 4) is 0 Å². The maximum atomic E-state index is 13.0. The molecule has 1 aromatic carbocycles. The lowest BCUT2D eigenvalue weighted by Crippen LogP contribution is -2.35. The number of ether oxygens (including phenoxy) is 1. The highest BCUT2D eigenvalue weighted by Crippen LogP contribution is 2.24. The second kappa shape index (κ2) is 5.53. The van der Waals surface area contributed by atoms with Crippen LogP contribution in [-0.4, -0.2) is 34.3 Å². The van der Waals surface area contributed by atoms with Crippen molar-refractivity contribution in [3.05, 3.63) is 29.0 Å². The molecule has 0 aromatic heterocycles. The number of methoxy groups -OCH3 is 1. The number of sulfonamides is 1. The molecule has 0 spiro atoms. The molecule has 0 saturated carbocycles. The normalized spacial score (nSPS) is 11.1. The van der Waals surface area contributed by atoms with E-state index in [0.29, 0.717) is 0 Å². The van der Waals surface area contributed by atoms with Gasteiger partial charge in [-0.2, -0.15) is 0 Å². The van der Waals surface area contributed by atoms with E-state index in [9.17, 15) is 17.6 Å². The van der Waals surface area contributed by atoms with Gasteiger partial charge in [0, 0.05) is 0 Å². The number of rotatable bonds is 4. The molecule has 0 unspecified atom stereocenters. The summed E-state index contributed by atoms with van der Waals surface area (Å²) in [5.41, 5.74) is 0.0919. The van der Waals surface area contributed by atoms with Gasteiger partial charge < -0.3 is 4.74 Å². The number of hydrogen-bond acceptors (Lipinski definition) is 4. The van der Waals surface area contributed by atoms with Gasteiger partial charge in [-0.15, -0.1) is 0 Å². The SMILES string of the molecule is COC(=O)CN(c1ccc(F)c(Cl)c1)S(C)(=O)=O. The number of carbonyl (C=O) groups is 1. The highest BCUT2D eigenvalue weighted by atomic mass is 35.5. The first-order valence-corrected chi connectivity index (χ1v) is 6.98. The molecule has 1 rings (SSSR count). The van der Waals surface area contributed by atoms with Gasteiger partial charge in [-0.25, -0.2) is 12.8 Å². The van der Waals surface area contributed by atoms with Crippen molar-refractivity contribution < 1.29 is 22.3 Å². The van der Waals surface area contributed by atoms with E-state index in [4.69, 9.17) is 11.6 Å². The van der Waals surface area contributed by atoms with E-state index in [2.05, 4.69) is 4.74 Å². The molecule has 0 amide bonds. The molecule has 0 N–H and O–H groups in total. The summed E-state index contributed by atoms with van der Waals surface area (Å²) in [7, 11) is -2.56. The Morgan fingerprint density at radius 2 is 2.11 bits per heavy atom. The molecule has 0 bridgehead atoms. The molecular weight excluding hydrogens is 285 g/mol. The number of hydrogen-bond donors (Lipinski definition) is 0. The zero-order valence-corrected chi connectivity index (χ0v) is 11.3. The first-order chi connectivity index (χ1) is 8.25. The minimum atomic E-state index is -3.70. The molecule has 8 heteroatoms. The van der Waals surface area contributed by atoms with E-state index in [1.807, 2.05) is 0 Å². The first-order valence-electron chi connectivity index (χ1n) is 4.75. The largest absolute Gasteiger partial charge is 0.468 e. The third-order valence-electron chi connectivity index (χ3n) is 2.09.